The molecule has 1 aliphatic heterocycles. The highest BCUT2D eigenvalue weighted by Crippen LogP contribution is 2.51. The molecule has 112 valence electrons. The lowest BCUT2D eigenvalue weighted by atomic mass is 9.57. The van der Waals surface area contributed by atoms with Crippen molar-refractivity contribution in [2.24, 2.45) is 11.3 Å². The monoisotopic (exact) mass is 292 g/mol. The lowest BCUT2D eigenvalue weighted by Crippen LogP contribution is -2.67. The van der Waals surface area contributed by atoms with E-state index in [0.29, 0.717) is 31.7 Å². The molecule has 1 amide bonds. The fraction of sp³-hybridized carbons (Fsp3) is 0.923. The van der Waals surface area contributed by atoms with Gasteiger partial charge in [0.25, 0.3) is 0 Å². The van der Waals surface area contributed by atoms with Gasteiger partial charge >= 0.3 is 0 Å². The number of nitrogens with one attached hydrogen (secondary N) is 2. The first-order valence-corrected chi connectivity index (χ1v) is 6.68. The SMILES string of the molecule is COCCNCC(=O)NC1C2CCOC2C1(C)C.Cl. The topological polar surface area (TPSA) is 59.6 Å². The third-order valence-electron chi connectivity index (χ3n) is 4.19. The molecular weight excluding hydrogens is 268 g/mol. The quantitative estimate of drug-likeness (QED) is 0.703. The first-order chi connectivity index (χ1) is 8.57. The van der Waals surface area contributed by atoms with Crippen LogP contribution in [0.5, 0.6) is 0 Å². The third kappa shape index (κ3) is 3.40. The molecule has 6 heteroatoms. The standard InChI is InChI=1S/C13H24N2O3.ClH/c1-13(2)11(9-4-6-18-12(9)13)15-10(16)8-14-5-7-17-3;/h9,11-12,14H,4-8H2,1-3H3,(H,15,16);1H. The van der Waals surface area contributed by atoms with Gasteiger partial charge in [-0.1, -0.05) is 13.8 Å². The van der Waals surface area contributed by atoms with Crippen LogP contribution in [0, 0.1) is 11.3 Å². The number of hydrogen-bond donors (Lipinski definition) is 2. The number of fused-ring (bicyclic) bond motifs is 1. The van der Waals surface area contributed by atoms with Gasteiger partial charge in [0, 0.05) is 37.6 Å². The number of rotatable bonds is 6. The second kappa shape index (κ2) is 6.88. The summed E-state index contributed by atoms with van der Waals surface area (Å²) < 4.78 is 10.6. The Morgan fingerprint density at radius 2 is 2.21 bits per heavy atom. The summed E-state index contributed by atoms with van der Waals surface area (Å²) in [6, 6.07) is 0.252. The highest BCUT2D eigenvalue weighted by atomic mass is 35.5. The van der Waals surface area contributed by atoms with Crippen LogP contribution in [0.2, 0.25) is 0 Å². The van der Waals surface area contributed by atoms with Crippen LogP contribution in [0.25, 0.3) is 0 Å². The van der Waals surface area contributed by atoms with Crippen molar-refractivity contribution in [3.63, 3.8) is 0 Å². The van der Waals surface area contributed by atoms with Crippen LogP contribution >= 0.6 is 12.4 Å². The van der Waals surface area contributed by atoms with Crippen molar-refractivity contribution in [1.29, 1.82) is 0 Å². The first kappa shape index (κ1) is 16.7. The maximum Gasteiger partial charge on any atom is 0.234 e. The van der Waals surface area contributed by atoms with Crippen LogP contribution in [0.4, 0.5) is 0 Å². The lowest BCUT2D eigenvalue weighted by molar-refractivity contribution is -0.137. The number of hydrogen-bond acceptors (Lipinski definition) is 4. The molecule has 2 aliphatic rings. The summed E-state index contributed by atoms with van der Waals surface area (Å²) in [6.07, 6.45) is 1.39. The van der Waals surface area contributed by atoms with Crippen molar-refractivity contribution in [2.75, 3.05) is 33.4 Å². The molecule has 0 bridgehead atoms. The van der Waals surface area contributed by atoms with E-state index in [-0.39, 0.29) is 29.8 Å². The van der Waals surface area contributed by atoms with Gasteiger partial charge in [-0.2, -0.15) is 0 Å². The zero-order chi connectivity index (χ0) is 13.2. The second-order valence-corrected chi connectivity index (χ2v) is 5.78. The molecule has 2 fully saturated rings. The molecule has 2 N–H and O–H groups in total. The van der Waals surface area contributed by atoms with E-state index in [2.05, 4.69) is 24.5 Å². The van der Waals surface area contributed by atoms with Gasteiger partial charge in [-0.05, 0) is 6.42 Å². The Balaban J connectivity index is 0.00000180. The van der Waals surface area contributed by atoms with Crippen molar-refractivity contribution in [1.82, 2.24) is 10.6 Å². The normalized spacial score (nSPS) is 31.0. The van der Waals surface area contributed by atoms with Crippen LogP contribution in [0.1, 0.15) is 20.3 Å². The summed E-state index contributed by atoms with van der Waals surface area (Å²) in [4.78, 5) is 11.8. The zero-order valence-electron chi connectivity index (χ0n) is 11.9. The predicted molar refractivity (Wildman–Crippen MR) is 75.6 cm³/mol. The molecule has 2 rings (SSSR count). The van der Waals surface area contributed by atoms with Crippen LogP contribution in [-0.4, -0.2) is 51.5 Å². The number of carbonyl (C=O) groups excluding carboxylic acids is 1. The molecule has 1 aliphatic carbocycles. The van der Waals surface area contributed by atoms with Crippen molar-refractivity contribution in [3.05, 3.63) is 0 Å². The summed E-state index contributed by atoms with van der Waals surface area (Å²) >= 11 is 0. The summed E-state index contributed by atoms with van der Waals surface area (Å²) in [5.41, 5.74) is 0.0589. The second-order valence-electron chi connectivity index (χ2n) is 5.78. The zero-order valence-corrected chi connectivity index (χ0v) is 12.7. The largest absolute Gasteiger partial charge is 0.383 e. The maximum absolute atomic E-state index is 11.8. The molecule has 0 radical (unpaired) electrons. The third-order valence-corrected chi connectivity index (χ3v) is 4.19. The van der Waals surface area contributed by atoms with Crippen molar-refractivity contribution >= 4 is 18.3 Å². The molecule has 3 atom stereocenters. The Bertz CT molecular complexity index is 312. The summed E-state index contributed by atoms with van der Waals surface area (Å²) in [7, 11) is 1.65. The summed E-state index contributed by atoms with van der Waals surface area (Å²) in [5.74, 6) is 0.567. The van der Waals surface area contributed by atoms with Gasteiger partial charge in [0.15, 0.2) is 0 Å². The first-order valence-electron chi connectivity index (χ1n) is 6.68. The molecule has 1 saturated carbocycles. The number of carbonyl (C=O) groups is 1. The van der Waals surface area contributed by atoms with E-state index in [1.54, 1.807) is 7.11 Å². The lowest BCUT2D eigenvalue weighted by Gasteiger charge is -2.54. The van der Waals surface area contributed by atoms with E-state index < -0.39 is 0 Å². The average Bonchev–Trinajstić information content (AvgIpc) is 2.78. The van der Waals surface area contributed by atoms with Crippen LogP contribution < -0.4 is 10.6 Å². The number of halogens is 1. The van der Waals surface area contributed by atoms with Gasteiger partial charge in [-0.3, -0.25) is 4.79 Å². The number of ether oxygens (including phenoxy) is 2. The highest BCUT2D eigenvalue weighted by molar-refractivity contribution is 5.85. The molecule has 19 heavy (non-hydrogen) atoms. The molecular formula is C13H25ClN2O3. The van der Waals surface area contributed by atoms with Crippen LogP contribution in [0.15, 0.2) is 0 Å². The number of methoxy groups -OCH3 is 1. The van der Waals surface area contributed by atoms with E-state index >= 15 is 0 Å². The van der Waals surface area contributed by atoms with Gasteiger partial charge in [-0.25, -0.2) is 0 Å². The summed E-state index contributed by atoms with van der Waals surface area (Å²) in [5, 5.41) is 6.19. The van der Waals surface area contributed by atoms with Crippen LogP contribution in [0.3, 0.4) is 0 Å². The molecule has 3 unspecified atom stereocenters. The minimum absolute atomic E-state index is 0. The molecule has 0 aromatic heterocycles. The fourth-order valence-corrected chi connectivity index (χ4v) is 3.22. The number of amides is 1. The van der Waals surface area contributed by atoms with E-state index in [0.717, 1.165) is 13.0 Å². The molecule has 0 aromatic carbocycles. The minimum atomic E-state index is 0. The molecule has 5 nitrogen and oxygen atoms in total. The Morgan fingerprint density at radius 1 is 1.47 bits per heavy atom. The highest BCUT2D eigenvalue weighted by Gasteiger charge is 2.59. The minimum Gasteiger partial charge on any atom is -0.383 e. The Labute approximate surface area is 121 Å². The van der Waals surface area contributed by atoms with Crippen molar-refractivity contribution in [2.45, 2.75) is 32.4 Å². The molecule has 0 aromatic rings. The predicted octanol–water partition coefficient (Wildman–Crippen LogP) is 0.574. The molecule has 1 saturated heterocycles. The van der Waals surface area contributed by atoms with Gasteiger partial charge in [0.1, 0.15) is 0 Å². The van der Waals surface area contributed by atoms with Crippen LogP contribution in [-0.2, 0) is 14.3 Å². The average molecular weight is 293 g/mol. The fourth-order valence-electron chi connectivity index (χ4n) is 3.22. The van der Waals surface area contributed by atoms with E-state index in [9.17, 15) is 4.79 Å². The van der Waals surface area contributed by atoms with E-state index in [4.69, 9.17) is 9.47 Å². The van der Waals surface area contributed by atoms with Crippen molar-refractivity contribution in [3.8, 4) is 0 Å². The Morgan fingerprint density at radius 3 is 2.89 bits per heavy atom. The molecule has 1 heterocycles. The smallest absolute Gasteiger partial charge is 0.234 e. The van der Waals surface area contributed by atoms with Gasteiger partial charge < -0.3 is 20.1 Å². The maximum atomic E-state index is 11.8. The Kier molecular flexibility index (Phi) is 6.05. The molecule has 0 spiro atoms. The Hall–Kier alpha value is -0.360. The summed E-state index contributed by atoms with van der Waals surface area (Å²) in [6.45, 7) is 6.85. The van der Waals surface area contributed by atoms with E-state index in [1.807, 2.05) is 0 Å². The van der Waals surface area contributed by atoms with Gasteiger partial charge in [0.05, 0.1) is 19.3 Å². The van der Waals surface area contributed by atoms with Gasteiger partial charge in [-0.15, -0.1) is 12.4 Å². The van der Waals surface area contributed by atoms with Gasteiger partial charge in [0.2, 0.25) is 5.91 Å². The van der Waals surface area contributed by atoms with Crippen molar-refractivity contribution < 1.29 is 14.3 Å². The van der Waals surface area contributed by atoms with E-state index in [1.165, 1.54) is 0 Å².